The van der Waals surface area contributed by atoms with E-state index in [1.807, 2.05) is 34.6 Å². The van der Waals surface area contributed by atoms with Gasteiger partial charge in [-0.05, 0) is 24.7 Å². The summed E-state index contributed by atoms with van der Waals surface area (Å²) in [4.78, 5) is 21.7. The van der Waals surface area contributed by atoms with Crippen molar-refractivity contribution >= 4 is 11.9 Å². The van der Waals surface area contributed by atoms with E-state index in [4.69, 9.17) is 4.74 Å². The van der Waals surface area contributed by atoms with Crippen LogP contribution in [0.2, 0.25) is 0 Å². The Morgan fingerprint density at radius 2 is 1.48 bits per heavy atom. The van der Waals surface area contributed by atoms with Gasteiger partial charge in [0.1, 0.15) is 0 Å². The summed E-state index contributed by atoms with van der Waals surface area (Å²) in [5.74, 6) is 0.296. The molecule has 122 valence electrons. The van der Waals surface area contributed by atoms with Gasteiger partial charge in [0.15, 0.2) is 0 Å². The summed E-state index contributed by atoms with van der Waals surface area (Å²) < 4.78 is 9.39. The lowest BCUT2D eigenvalue weighted by Crippen LogP contribution is -2.10. The molecule has 0 aromatic heterocycles. The lowest BCUT2D eigenvalue weighted by molar-refractivity contribution is -0.140. The third kappa shape index (κ3) is 13.2. The van der Waals surface area contributed by atoms with E-state index in [0.717, 1.165) is 0 Å². The second-order valence-corrected chi connectivity index (χ2v) is 5.64. The van der Waals surface area contributed by atoms with E-state index in [-0.39, 0.29) is 11.9 Å². The van der Waals surface area contributed by atoms with Gasteiger partial charge in [0.2, 0.25) is 0 Å². The quantitative estimate of drug-likeness (QED) is 0.528. The van der Waals surface area contributed by atoms with E-state index in [0.29, 0.717) is 42.4 Å². The second-order valence-electron chi connectivity index (χ2n) is 5.64. The van der Waals surface area contributed by atoms with Crippen molar-refractivity contribution in [3.63, 3.8) is 0 Å². The smallest absolute Gasteiger partial charge is 0.333 e. The van der Waals surface area contributed by atoms with Crippen LogP contribution in [0.15, 0.2) is 24.3 Å². The highest BCUT2D eigenvalue weighted by Gasteiger charge is 2.07. The molecule has 0 atom stereocenters. The van der Waals surface area contributed by atoms with Crippen molar-refractivity contribution in [3.8, 4) is 0 Å². The van der Waals surface area contributed by atoms with E-state index < -0.39 is 0 Å². The molecule has 0 spiro atoms. The van der Waals surface area contributed by atoms with Gasteiger partial charge >= 0.3 is 11.9 Å². The Hall–Kier alpha value is -1.58. The van der Waals surface area contributed by atoms with Gasteiger partial charge < -0.3 is 9.47 Å². The van der Waals surface area contributed by atoms with Crippen LogP contribution in [0.4, 0.5) is 0 Å². The second kappa shape index (κ2) is 12.2. The molecular weight excluding hydrogens is 268 g/mol. The number of rotatable bonds is 7. The van der Waals surface area contributed by atoms with Crippen molar-refractivity contribution < 1.29 is 19.1 Å². The number of ether oxygens (including phenoxy) is 2. The zero-order valence-corrected chi connectivity index (χ0v) is 14.3. The van der Waals surface area contributed by atoms with E-state index in [9.17, 15) is 9.59 Å². The van der Waals surface area contributed by atoms with Crippen molar-refractivity contribution in [2.24, 2.45) is 11.8 Å². The lowest BCUT2D eigenvalue weighted by Gasteiger charge is -2.06. The maximum absolute atomic E-state index is 11.0. The molecule has 0 aliphatic carbocycles. The molecule has 0 aromatic carbocycles. The Kier molecular flexibility index (Phi) is 12.6. The van der Waals surface area contributed by atoms with Crippen LogP contribution in [0.25, 0.3) is 0 Å². The highest BCUT2D eigenvalue weighted by Crippen LogP contribution is 2.09. The summed E-state index contributed by atoms with van der Waals surface area (Å²) in [7, 11) is 1.37. The van der Waals surface area contributed by atoms with Crippen molar-refractivity contribution in [1.82, 2.24) is 0 Å². The van der Waals surface area contributed by atoms with Crippen molar-refractivity contribution in [1.29, 1.82) is 0 Å². The average molecular weight is 298 g/mol. The highest BCUT2D eigenvalue weighted by atomic mass is 16.5. The minimum Gasteiger partial charge on any atom is -0.466 e. The van der Waals surface area contributed by atoms with E-state index in [1.165, 1.54) is 7.11 Å². The normalized spacial score (nSPS) is 9.71. The number of carbonyl (C=O) groups excluding carboxylic acids is 2. The molecule has 0 aromatic rings. The minimum atomic E-state index is -0.297. The molecule has 0 aliphatic heterocycles. The monoisotopic (exact) mass is 298 g/mol. The molecule has 21 heavy (non-hydrogen) atoms. The maximum Gasteiger partial charge on any atom is 0.333 e. The maximum atomic E-state index is 11.0. The first kappa shape index (κ1) is 21.7. The van der Waals surface area contributed by atoms with Gasteiger partial charge in [0, 0.05) is 11.1 Å². The Morgan fingerprint density at radius 1 is 0.952 bits per heavy atom. The molecular formula is C17H30O4. The Labute approximate surface area is 129 Å². The molecule has 0 aliphatic rings. The minimum absolute atomic E-state index is 0.263. The molecule has 0 radical (unpaired) electrons. The molecule has 4 nitrogen and oxygen atoms in total. The Balaban J connectivity index is 0. The van der Waals surface area contributed by atoms with Gasteiger partial charge in [-0.3, -0.25) is 0 Å². The summed E-state index contributed by atoms with van der Waals surface area (Å²) in [6.45, 7) is 17.6. The summed E-state index contributed by atoms with van der Waals surface area (Å²) in [5, 5.41) is 0. The van der Waals surface area contributed by atoms with Crippen LogP contribution >= 0.6 is 0 Å². The summed E-state index contributed by atoms with van der Waals surface area (Å²) in [6.07, 6.45) is 1.38. The molecule has 0 bridgehead atoms. The Bertz CT molecular complexity index is 354. The molecule has 0 amide bonds. The summed E-state index contributed by atoms with van der Waals surface area (Å²) >= 11 is 0. The first-order valence-corrected chi connectivity index (χ1v) is 7.26. The third-order valence-corrected chi connectivity index (χ3v) is 2.39. The van der Waals surface area contributed by atoms with Crippen LogP contribution in [-0.2, 0) is 19.1 Å². The first-order valence-electron chi connectivity index (χ1n) is 7.26. The average Bonchev–Trinajstić information content (AvgIpc) is 2.42. The first-order chi connectivity index (χ1) is 9.65. The van der Waals surface area contributed by atoms with Gasteiger partial charge in [0.25, 0.3) is 0 Å². The zero-order valence-electron chi connectivity index (χ0n) is 14.3. The van der Waals surface area contributed by atoms with Gasteiger partial charge in [-0.2, -0.15) is 0 Å². The molecule has 0 heterocycles. The van der Waals surface area contributed by atoms with Crippen molar-refractivity contribution in [2.75, 3.05) is 13.7 Å². The van der Waals surface area contributed by atoms with E-state index in [2.05, 4.69) is 17.9 Å². The van der Waals surface area contributed by atoms with E-state index >= 15 is 0 Å². The van der Waals surface area contributed by atoms with E-state index in [1.54, 1.807) is 0 Å². The van der Waals surface area contributed by atoms with Gasteiger partial charge in [-0.1, -0.05) is 47.8 Å². The lowest BCUT2D eigenvalue weighted by atomic mass is 10.1. The predicted octanol–water partition coefficient (Wildman–Crippen LogP) is 3.91. The van der Waals surface area contributed by atoms with Gasteiger partial charge in [-0.15, -0.1) is 0 Å². The SMILES string of the molecule is C=C(CC(C)C)C(=O)OC.C=C(CC)C(=O)OCC(C)C. The Morgan fingerprint density at radius 3 is 1.81 bits per heavy atom. The number of carbonyl (C=O) groups is 2. The standard InChI is InChI=1S/C9H16O2.C8H14O2/c1-5-8(4)9(10)11-6-7(2)3;1-6(2)5-7(3)8(9)10-4/h7H,4-6H2,1-3H3;6H,3,5H2,1-2,4H3. The fraction of sp³-hybridized carbons (Fsp3) is 0.647. The van der Waals surface area contributed by atoms with Crippen LogP contribution < -0.4 is 0 Å². The third-order valence-electron chi connectivity index (χ3n) is 2.39. The van der Waals surface area contributed by atoms with Crippen molar-refractivity contribution in [2.45, 2.75) is 47.5 Å². The van der Waals surface area contributed by atoms with Crippen LogP contribution in [0.3, 0.4) is 0 Å². The molecule has 0 fully saturated rings. The molecule has 0 saturated carbocycles. The number of esters is 2. The highest BCUT2D eigenvalue weighted by molar-refractivity contribution is 5.87. The zero-order chi connectivity index (χ0) is 17.0. The number of methoxy groups -OCH3 is 1. The largest absolute Gasteiger partial charge is 0.466 e. The summed E-state index contributed by atoms with van der Waals surface area (Å²) in [6, 6.07) is 0. The fourth-order valence-corrected chi connectivity index (χ4v) is 1.21. The van der Waals surface area contributed by atoms with Crippen LogP contribution in [-0.4, -0.2) is 25.7 Å². The molecule has 0 rings (SSSR count). The molecule has 0 unspecified atom stereocenters. The number of hydrogen-bond acceptors (Lipinski definition) is 4. The number of hydrogen-bond donors (Lipinski definition) is 0. The van der Waals surface area contributed by atoms with Crippen LogP contribution in [0.5, 0.6) is 0 Å². The van der Waals surface area contributed by atoms with Gasteiger partial charge in [0.05, 0.1) is 13.7 Å². The molecule has 0 N–H and O–H groups in total. The van der Waals surface area contributed by atoms with Crippen molar-refractivity contribution in [3.05, 3.63) is 24.3 Å². The topological polar surface area (TPSA) is 52.6 Å². The molecule has 0 saturated heterocycles. The predicted molar refractivity (Wildman–Crippen MR) is 85.8 cm³/mol. The van der Waals surface area contributed by atoms with Crippen LogP contribution in [0.1, 0.15) is 47.5 Å². The molecule has 4 heteroatoms. The fourth-order valence-electron chi connectivity index (χ4n) is 1.21. The summed E-state index contributed by atoms with van der Waals surface area (Å²) in [5.41, 5.74) is 1.10. The van der Waals surface area contributed by atoms with Crippen LogP contribution in [0, 0.1) is 11.8 Å². The van der Waals surface area contributed by atoms with Gasteiger partial charge in [-0.25, -0.2) is 9.59 Å².